The number of anilines is 2. The molecule has 1 atom stereocenters. The van der Waals surface area contributed by atoms with Gasteiger partial charge in [0.15, 0.2) is 16.6 Å². The van der Waals surface area contributed by atoms with Crippen LogP contribution in [0.25, 0.3) is 11.3 Å². The first-order chi connectivity index (χ1) is 22.7. The van der Waals surface area contributed by atoms with E-state index in [0.717, 1.165) is 28.2 Å². The third-order valence-corrected chi connectivity index (χ3v) is 8.89. The SMILES string of the molecule is COc1ccc(-c2csc(NC(=O)C(Sc3ccc(NC(=O)c4ccc(C(=O)O)cc4C(=O)O)cc3)c3ccccc3)n2)cc1OC. The van der Waals surface area contributed by atoms with Gasteiger partial charge >= 0.3 is 11.9 Å². The molecule has 0 aliphatic heterocycles. The topological polar surface area (TPSA) is 164 Å². The molecule has 2 amide bonds. The van der Waals surface area contributed by atoms with E-state index in [0.29, 0.717) is 28.0 Å². The van der Waals surface area contributed by atoms with Crippen LogP contribution in [-0.2, 0) is 4.79 Å². The van der Waals surface area contributed by atoms with Gasteiger partial charge in [0.2, 0.25) is 5.91 Å². The standard InChI is InChI=1S/C34H27N3O8S2/c1-44-27-15-9-20(17-28(27)45-2)26-18-46-34(36-26)37-31(39)29(19-6-4-3-5-7-19)47-23-12-10-22(11-13-23)35-30(38)24-14-8-21(32(40)41)16-25(24)33(42)43/h3-18,29H,1-2H3,(H,35,38)(H,40,41)(H,42,43)(H,36,37,39). The van der Waals surface area contributed by atoms with Gasteiger partial charge in [0.1, 0.15) is 5.25 Å². The third-order valence-electron chi connectivity index (χ3n) is 6.86. The fourth-order valence-corrected chi connectivity index (χ4v) is 6.28. The van der Waals surface area contributed by atoms with E-state index in [1.807, 2.05) is 47.8 Å². The quantitative estimate of drug-likeness (QED) is 0.102. The Hall–Kier alpha value is -5.66. The number of aromatic nitrogens is 1. The zero-order valence-corrected chi connectivity index (χ0v) is 26.6. The lowest BCUT2D eigenvalue weighted by molar-refractivity contribution is -0.115. The first-order valence-corrected chi connectivity index (χ1v) is 15.6. The molecular weight excluding hydrogens is 643 g/mol. The minimum Gasteiger partial charge on any atom is -0.493 e. The molecule has 11 nitrogen and oxygen atoms in total. The molecule has 1 aromatic heterocycles. The number of benzene rings is 4. The molecule has 1 heterocycles. The summed E-state index contributed by atoms with van der Waals surface area (Å²) in [5, 5.41) is 25.9. The largest absolute Gasteiger partial charge is 0.493 e. The number of thiazole rings is 1. The van der Waals surface area contributed by atoms with Crippen LogP contribution in [0.15, 0.2) is 101 Å². The van der Waals surface area contributed by atoms with Crippen molar-refractivity contribution in [1.82, 2.24) is 4.98 Å². The summed E-state index contributed by atoms with van der Waals surface area (Å²) in [5.74, 6) is -2.56. The Bertz CT molecular complexity index is 1950. The van der Waals surface area contributed by atoms with E-state index in [4.69, 9.17) is 14.6 Å². The molecule has 0 aliphatic carbocycles. The van der Waals surface area contributed by atoms with Crippen LogP contribution in [0.1, 0.15) is 41.9 Å². The van der Waals surface area contributed by atoms with E-state index in [2.05, 4.69) is 15.6 Å². The van der Waals surface area contributed by atoms with Gasteiger partial charge in [-0.05, 0) is 66.2 Å². The number of nitrogens with one attached hydrogen (secondary N) is 2. The van der Waals surface area contributed by atoms with Crippen LogP contribution in [0.3, 0.4) is 0 Å². The van der Waals surface area contributed by atoms with Crippen molar-refractivity contribution in [2.45, 2.75) is 10.1 Å². The lowest BCUT2D eigenvalue weighted by Gasteiger charge is -2.16. The monoisotopic (exact) mass is 669 g/mol. The molecule has 0 bridgehead atoms. The van der Waals surface area contributed by atoms with Gasteiger partial charge in [-0.2, -0.15) is 0 Å². The van der Waals surface area contributed by atoms with Crippen molar-refractivity contribution >= 4 is 57.7 Å². The van der Waals surface area contributed by atoms with Crippen molar-refractivity contribution in [3.05, 3.63) is 119 Å². The van der Waals surface area contributed by atoms with E-state index in [1.54, 1.807) is 44.6 Å². The molecule has 4 N–H and O–H groups in total. The Labute approximate surface area is 277 Å². The third kappa shape index (κ3) is 7.77. The summed E-state index contributed by atoms with van der Waals surface area (Å²) in [5.41, 5.74) is 1.77. The van der Waals surface area contributed by atoms with Crippen LogP contribution < -0.4 is 20.1 Å². The predicted molar refractivity (Wildman–Crippen MR) is 179 cm³/mol. The maximum atomic E-state index is 13.6. The highest BCUT2D eigenvalue weighted by Crippen LogP contribution is 2.38. The van der Waals surface area contributed by atoms with Gasteiger partial charge in [0.25, 0.3) is 5.91 Å². The number of aromatic carboxylic acids is 2. The van der Waals surface area contributed by atoms with Gasteiger partial charge in [0.05, 0.1) is 36.6 Å². The van der Waals surface area contributed by atoms with Gasteiger partial charge in [-0.25, -0.2) is 14.6 Å². The summed E-state index contributed by atoms with van der Waals surface area (Å²) < 4.78 is 10.7. The van der Waals surface area contributed by atoms with E-state index in [9.17, 15) is 24.3 Å². The second-order valence-electron chi connectivity index (χ2n) is 9.85. The molecule has 4 aromatic carbocycles. The molecule has 0 saturated carbocycles. The summed E-state index contributed by atoms with van der Waals surface area (Å²) in [6, 6.07) is 24.7. The Morgan fingerprint density at radius 3 is 2.17 bits per heavy atom. The van der Waals surface area contributed by atoms with Crippen molar-refractivity contribution in [2.24, 2.45) is 0 Å². The van der Waals surface area contributed by atoms with Crippen LogP contribution in [0.4, 0.5) is 10.8 Å². The minimum absolute atomic E-state index is 0.182. The fraction of sp³-hybridized carbons (Fsp3) is 0.0882. The first kappa shape index (κ1) is 32.7. The molecule has 0 aliphatic rings. The number of ether oxygens (including phenoxy) is 2. The molecule has 238 valence electrons. The number of carboxylic acid groups (broad SMARTS) is 2. The number of nitrogens with zero attached hydrogens (tertiary/aromatic N) is 1. The van der Waals surface area contributed by atoms with Crippen molar-refractivity contribution in [1.29, 1.82) is 0 Å². The predicted octanol–water partition coefficient (Wildman–Crippen LogP) is 6.95. The zero-order valence-electron chi connectivity index (χ0n) is 24.9. The minimum atomic E-state index is -1.43. The fourth-order valence-electron chi connectivity index (χ4n) is 4.53. The average molecular weight is 670 g/mol. The molecule has 5 rings (SSSR count). The highest BCUT2D eigenvalue weighted by molar-refractivity contribution is 8.00. The first-order valence-electron chi connectivity index (χ1n) is 13.9. The van der Waals surface area contributed by atoms with Crippen LogP contribution >= 0.6 is 23.1 Å². The number of hydrogen-bond acceptors (Lipinski definition) is 9. The lowest BCUT2D eigenvalue weighted by Crippen LogP contribution is -2.19. The number of methoxy groups -OCH3 is 2. The van der Waals surface area contributed by atoms with Crippen LogP contribution in [-0.4, -0.2) is 53.2 Å². The number of rotatable bonds is 12. The van der Waals surface area contributed by atoms with Gasteiger partial charge < -0.3 is 30.3 Å². The molecule has 0 fully saturated rings. The van der Waals surface area contributed by atoms with Crippen molar-refractivity contribution in [3.8, 4) is 22.8 Å². The van der Waals surface area contributed by atoms with Gasteiger partial charge in [-0.3, -0.25) is 9.59 Å². The molecule has 0 radical (unpaired) electrons. The molecule has 0 spiro atoms. The molecule has 47 heavy (non-hydrogen) atoms. The number of hydrogen-bond donors (Lipinski definition) is 4. The van der Waals surface area contributed by atoms with Gasteiger partial charge in [-0.15, -0.1) is 23.1 Å². The molecule has 0 saturated heterocycles. The summed E-state index contributed by atoms with van der Waals surface area (Å²) in [4.78, 5) is 54.8. The van der Waals surface area contributed by atoms with Crippen molar-refractivity contribution in [2.75, 3.05) is 24.9 Å². The van der Waals surface area contributed by atoms with E-state index in [-0.39, 0.29) is 17.0 Å². The second-order valence-corrected chi connectivity index (χ2v) is 11.9. The van der Waals surface area contributed by atoms with Crippen molar-refractivity contribution in [3.63, 3.8) is 0 Å². The zero-order chi connectivity index (χ0) is 33.5. The number of carbonyl (C=O) groups is 4. The number of carbonyl (C=O) groups excluding carboxylic acids is 2. The van der Waals surface area contributed by atoms with E-state index in [1.165, 1.54) is 29.2 Å². The highest BCUT2D eigenvalue weighted by atomic mass is 32.2. The summed E-state index contributed by atoms with van der Waals surface area (Å²) in [6.45, 7) is 0. The van der Waals surface area contributed by atoms with E-state index < -0.39 is 28.7 Å². The Morgan fingerprint density at radius 1 is 0.787 bits per heavy atom. The molecule has 1 unspecified atom stereocenters. The highest BCUT2D eigenvalue weighted by Gasteiger charge is 2.24. The molecule has 5 aromatic rings. The summed E-state index contributed by atoms with van der Waals surface area (Å²) in [7, 11) is 3.12. The maximum Gasteiger partial charge on any atom is 0.336 e. The number of amides is 2. The maximum absolute atomic E-state index is 13.6. The van der Waals surface area contributed by atoms with Crippen molar-refractivity contribution < 1.29 is 38.9 Å². The normalized spacial score (nSPS) is 11.3. The lowest BCUT2D eigenvalue weighted by atomic mass is 10.0. The number of carboxylic acids is 2. The Kier molecular flexibility index (Phi) is 10.2. The average Bonchev–Trinajstić information content (AvgIpc) is 3.55. The van der Waals surface area contributed by atoms with Crippen LogP contribution in [0.2, 0.25) is 0 Å². The van der Waals surface area contributed by atoms with Gasteiger partial charge in [-0.1, -0.05) is 30.3 Å². The second kappa shape index (κ2) is 14.6. The smallest absolute Gasteiger partial charge is 0.336 e. The Morgan fingerprint density at radius 2 is 1.51 bits per heavy atom. The van der Waals surface area contributed by atoms with Crippen LogP contribution in [0, 0.1) is 0 Å². The summed E-state index contributed by atoms with van der Waals surface area (Å²) >= 11 is 2.60. The molecular formula is C34H27N3O8S2. The summed E-state index contributed by atoms with van der Waals surface area (Å²) in [6.07, 6.45) is 0. The van der Waals surface area contributed by atoms with Crippen LogP contribution in [0.5, 0.6) is 11.5 Å². The van der Waals surface area contributed by atoms with E-state index >= 15 is 0 Å². The Balaban J connectivity index is 1.31. The number of thioether (sulfide) groups is 1. The molecule has 13 heteroatoms. The van der Waals surface area contributed by atoms with Gasteiger partial charge in [0, 0.05) is 21.5 Å².